The second kappa shape index (κ2) is 8.59. The van der Waals surface area contributed by atoms with E-state index in [2.05, 4.69) is 45.4 Å². The minimum Gasteiger partial charge on any atom is -0.309 e. The van der Waals surface area contributed by atoms with Gasteiger partial charge in [-0.05, 0) is 42.0 Å². The first-order valence-corrected chi connectivity index (χ1v) is 9.19. The Hall–Kier alpha value is -0.720. The first kappa shape index (κ1) is 19.6. The van der Waals surface area contributed by atoms with E-state index < -0.39 is 0 Å². The van der Waals surface area contributed by atoms with Crippen molar-refractivity contribution in [1.82, 2.24) is 20.0 Å². The fourth-order valence-electron chi connectivity index (χ4n) is 3.41. The van der Waals surface area contributed by atoms with E-state index in [1.54, 1.807) is 0 Å². The summed E-state index contributed by atoms with van der Waals surface area (Å²) in [5.74, 6) is 0. The molecule has 1 N–H and O–H groups in total. The van der Waals surface area contributed by atoms with Gasteiger partial charge in [-0.3, -0.25) is 9.58 Å². The van der Waals surface area contributed by atoms with Crippen molar-refractivity contribution in [2.45, 2.75) is 37.5 Å². The highest BCUT2D eigenvalue weighted by Crippen LogP contribution is 2.25. The van der Waals surface area contributed by atoms with Crippen LogP contribution < -0.4 is 5.32 Å². The van der Waals surface area contributed by atoms with Gasteiger partial charge in [-0.15, -0.1) is 36.6 Å². The van der Waals surface area contributed by atoms with E-state index in [-0.39, 0.29) is 24.8 Å². The van der Waals surface area contributed by atoms with Crippen molar-refractivity contribution in [3.63, 3.8) is 0 Å². The van der Waals surface area contributed by atoms with Crippen LogP contribution >= 0.6 is 36.6 Å². The lowest BCUT2D eigenvalue weighted by Gasteiger charge is -2.28. The van der Waals surface area contributed by atoms with E-state index in [0.29, 0.717) is 0 Å². The summed E-state index contributed by atoms with van der Waals surface area (Å²) in [4.78, 5) is 3.89. The Morgan fingerprint density at radius 1 is 1.17 bits per heavy atom. The van der Waals surface area contributed by atoms with Crippen LogP contribution in [0.25, 0.3) is 0 Å². The zero-order chi connectivity index (χ0) is 14.9. The number of aromatic nitrogens is 2. The lowest BCUT2D eigenvalue weighted by Crippen LogP contribution is -2.30. The van der Waals surface area contributed by atoms with Crippen LogP contribution in [0.4, 0.5) is 0 Å². The number of halogens is 2. The average molecular weight is 387 g/mol. The molecule has 0 fully saturated rings. The maximum absolute atomic E-state index is 4.76. The summed E-state index contributed by atoms with van der Waals surface area (Å²) in [6, 6.07) is 9.17. The van der Waals surface area contributed by atoms with Crippen LogP contribution in [0.2, 0.25) is 0 Å². The Morgan fingerprint density at radius 3 is 2.83 bits per heavy atom. The first-order chi connectivity index (χ1) is 10.8. The second-order valence-electron chi connectivity index (χ2n) is 6.12. The van der Waals surface area contributed by atoms with Crippen LogP contribution in [0.15, 0.2) is 29.2 Å². The van der Waals surface area contributed by atoms with Crippen molar-refractivity contribution in [3.05, 3.63) is 46.8 Å². The number of rotatable bonds is 3. The Balaban J connectivity index is 0.00000104. The quantitative estimate of drug-likeness (QED) is 0.821. The zero-order valence-corrected chi connectivity index (χ0v) is 16.3. The number of thioether (sulfide) groups is 1. The number of benzene rings is 1. The van der Waals surface area contributed by atoms with Gasteiger partial charge in [0, 0.05) is 37.6 Å². The number of hydrogen-bond donors (Lipinski definition) is 1. The van der Waals surface area contributed by atoms with Crippen molar-refractivity contribution in [2.75, 3.05) is 19.3 Å². The van der Waals surface area contributed by atoms with Gasteiger partial charge in [0.25, 0.3) is 0 Å². The summed E-state index contributed by atoms with van der Waals surface area (Å²) in [7, 11) is 0. The Labute approximate surface area is 160 Å². The third kappa shape index (κ3) is 4.09. The fraction of sp³-hybridized carbons (Fsp3) is 0.471. The van der Waals surface area contributed by atoms with Crippen LogP contribution in [0, 0.1) is 0 Å². The van der Waals surface area contributed by atoms with Gasteiger partial charge >= 0.3 is 0 Å². The Bertz CT molecular complexity index is 666. The molecule has 0 aliphatic carbocycles. The molecule has 2 aliphatic rings. The summed E-state index contributed by atoms with van der Waals surface area (Å²) in [5.41, 5.74) is 5.54. The first-order valence-electron chi connectivity index (χ1n) is 7.96. The van der Waals surface area contributed by atoms with E-state index in [1.165, 1.54) is 27.4 Å². The zero-order valence-electron chi connectivity index (χ0n) is 13.8. The molecule has 0 amide bonds. The fourth-order valence-corrected chi connectivity index (χ4v) is 3.87. The van der Waals surface area contributed by atoms with E-state index in [4.69, 9.17) is 5.10 Å². The van der Waals surface area contributed by atoms with Gasteiger partial charge in [-0.1, -0.05) is 6.07 Å². The smallest absolute Gasteiger partial charge is 0.0768 e. The minimum absolute atomic E-state index is 0. The van der Waals surface area contributed by atoms with Crippen LogP contribution in [0.5, 0.6) is 0 Å². The summed E-state index contributed by atoms with van der Waals surface area (Å²) in [5, 5.41) is 8.17. The van der Waals surface area contributed by atoms with Crippen LogP contribution in [0.3, 0.4) is 0 Å². The molecule has 24 heavy (non-hydrogen) atoms. The van der Waals surface area contributed by atoms with Gasteiger partial charge in [0.2, 0.25) is 0 Å². The average Bonchev–Trinajstić information content (AvgIpc) is 2.96. The molecule has 4 rings (SSSR count). The molecule has 0 radical (unpaired) electrons. The number of nitrogens with zero attached hydrogens (tertiary/aromatic N) is 3. The molecule has 0 bridgehead atoms. The maximum atomic E-state index is 4.76. The van der Waals surface area contributed by atoms with Gasteiger partial charge in [-0.25, -0.2) is 0 Å². The highest BCUT2D eigenvalue weighted by molar-refractivity contribution is 7.98. The Morgan fingerprint density at radius 2 is 2.04 bits per heavy atom. The van der Waals surface area contributed by atoms with Gasteiger partial charge in [-0.2, -0.15) is 5.10 Å². The van der Waals surface area contributed by atoms with Gasteiger partial charge in [0.05, 0.1) is 17.9 Å². The van der Waals surface area contributed by atoms with E-state index in [0.717, 1.165) is 45.7 Å². The second-order valence-corrected chi connectivity index (χ2v) is 7.00. The SMILES string of the molecule is CSc1ccc2c(c1)CCN(Cc1cc3n(n1)CCNC3)C2.Cl.Cl. The third-order valence-corrected chi connectivity index (χ3v) is 5.34. The molecule has 132 valence electrons. The number of nitrogens with one attached hydrogen (secondary N) is 1. The molecule has 0 unspecified atom stereocenters. The van der Waals surface area contributed by atoms with E-state index >= 15 is 0 Å². The molecule has 0 atom stereocenters. The van der Waals surface area contributed by atoms with Crippen LogP contribution in [-0.4, -0.2) is 34.0 Å². The number of hydrogen-bond acceptors (Lipinski definition) is 4. The summed E-state index contributed by atoms with van der Waals surface area (Å²) in [6.45, 7) is 6.12. The minimum atomic E-state index is 0. The topological polar surface area (TPSA) is 33.1 Å². The molecular formula is C17H24Cl2N4S. The van der Waals surface area contributed by atoms with Crippen molar-refractivity contribution in [2.24, 2.45) is 0 Å². The number of fused-ring (bicyclic) bond motifs is 2. The third-order valence-electron chi connectivity index (χ3n) is 4.61. The van der Waals surface area contributed by atoms with Crippen molar-refractivity contribution in [3.8, 4) is 0 Å². The van der Waals surface area contributed by atoms with E-state index in [9.17, 15) is 0 Å². The molecule has 4 nitrogen and oxygen atoms in total. The highest BCUT2D eigenvalue weighted by Gasteiger charge is 2.19. The lowest BCUT2D eigenvalue weighted by molar-refractivity contribution is 0.241. The molecule has 2 aliphatic heterocycles. The molecule has 1 aromatic heterocycles. The van der Waals surface area contributed by atoms with Crippen molar-refractivity contribution < 1.29 is 0 Å². The molecule has 7 heteroatoms. The monoisotopic (exact) mass is 386 g/mol. The van der Waals surface area contributed by atoms with Crippen LogP contribution in [-0.2, 0) is 32.6 Å². The largest absolute Gasteiger partial charge is 0.309 e. The van der Waals surface area contributed by atoms with Crippen molar-refractivity contribution >= 4 is 36.6 Å². The molecule has 3 heterocycles. The normalized spacial score (nSPS) is 16.5. The maximum Gasteiger partial charge on any atom is 0.0768 e. The predicted octanol–water partition coefficient (Wildman–Crippen LogP) is 3.11. The highest BCUT2D eigenvalue weighted by atomic mass is 35.5. The predicted molar refractivity (Wildman–Crippen MR) is 104 cm³/mol. The van der Waals surface area contributed by atoms with Crippen LogP contribution in [0.1, 0.15) is 22.5 Å². The Kier molecular flexibility index (Phi) is 7.01. The summed E-state index contributed by atoms with van der Waals surface area (Å²) < 4.78 is 2.16. The molecule has 2 aromatic rings. The molecular weight excluding hydrogens is 363 g/mol. The lowest BCUT2D eigenvalue weighted by atomic mass is 10.00. The molecule has 0 saturated carbocycles. The molecule has 0 spiro atoms. The standard InChI is InChI=1S/C17H22N4S.2ClH/c1-22-17-3-2-14-11-20(6-4-13(14)8-17)12-15-9-16-10-18-5-7-21(16)19-15;;/h2-3,8-9,18H,4-7,10-12H2,1H3;2*1H. The summed E-state index contributed by atoms with van der Waals surface area (Å²) in [6.07, 6.45) is 3.30. The summed E-state index contributed by atoms with van der Waals surface area (Å²) >= 11 is 1.83. The van der Waals surface area contributed by atoms with Gasteiger partial charge in [0.1, 0.15) is 0 Å². The molecule has 0 saturated heterocycles. The van der Waals surface area contributed by atoms with Gasteiger partial charge < -0.3 is 5.32 Å². The van der Waals surface area contributed by atoms with Crippen molar-refractivity contribution in [1.29, 1.82) is 0 Å². The van der Waals surface area contributed by atoms with Gasteiger partial charge in [0.15, 0.2) is 0 Å². The molecule has 1 aromatic carbocycles. The van der Waals surface area contributed by atoms with E-state index in [1.807, 2.05) is 11.8 Å².